The van der Waals surface area contributed by atoms with Gasteiger partial charge in [0.15, 0.2) is 5.82 Å². The topological polar surface area (TPSA) is 88.0 Å². The molecule has 3 aromatic heterocycles. The Balaban J connectivity index is 1.46. The standard InChI is InChI=1S/C21H22N6O/c22-10-18(14-4-1-2-5-14)27-12-16(11-23-27)17-6-3-7-20-24-19(13-26(17)20)25-21(28)15-8-9-15/h3,6-7,11-15,18H,1-2,4-5,8-9H2,(H,25,28). The van der Waals surface area contributed by atoms with Gasteiger partial charge in [-0.1, -0.05) is 18.9 Å². The fourth-order valence-electron chi connectivity index (χ4n) is 4.16. The normalized spacial score (nSPS) is 18.2. The first-order valence-corrected chi connectivity index (χ1v) is 9.96. The smallest absolute Gasteiger partial charge is 0.228 e. The summed E-state index contributed by atoms with van der Waals surface area (Å²) in [7, 11) is 0. The van der Waals surface area contributed by atoms with E-state index in [0.29, 0.717) is 11.7 Å². The summed E-state index contributed by atoms with van der Waals surface area (Å²) in [5.74, 6) is 1.14. The molecule has 2 aliphatic rings. The molecule has 3 heterocycles. The zero-order valence-corrected chi connectivity index (χ0v) is 15.6. The van der Waals surface area contributed by atoms with Crippen molar-refractivity contribution in [3.8, 4) is 17.3 Å². The molecular weight excluding hydrogens is 352 g/mol. The molecule has 0 aliphatic heterocycles. The summed E-state index contributed by atoms with van der Waals surface area (Å²) in [6.07, 6.45) is 12.1. The Kier molecular flexibility index (Phi) is 4.12. The number of hydrogen-bond donors (Lipinski definition) is 1. The van der Waals surface area contributed by atoms with Crippen LogP contribution in [0, 0.1) is 23.2 Å². The van der Waals surface area contributed by atoms with E-state index in [4.69, 9.17) is 0 Å². The van der Waals surface area contributed by atoms with Gasteiger partial charge in [-0.05, 0) is 43.7 Å². The van der Waals surface area contributed by atoms with Crippen LogP contribution in [0.1, 0.15) is 44.6 Å². The van der Waals surface area contributed by atoms with Crippen molar-refractivity contribution in [2.24, 2.45) is 11.8 Å². The third-order valence-corrected chi connectivity index (χ3v) is 5.85. The second-order valence-electron chi connectivity index (χ2n) is 7.86. The van der Waals surface area contributed by atoms with E-state index in [2.05, 4.69) is 21.5 Å². The van der Waals surface area contributed by atoms with Gasteiger partial charge in [0, 0.05) is 17.7 Å². The lowest BCUT2D eigenvalue weighted by Gasteiger charge is -2.16. The maximum Gasteiger partial charge on any atom is 0.228 e. The van der Waals surface area contributed by atoms with E-state index in [1.165, 1.54) is 12.8 Å². The molecule has 7 nitrogen and oxygen atoms in total. The van der Waals surface area contributed by atoms with Crippen molar-refractivity contribution >= 4 is 17.4 Å². The van der Waals surface area contributed by atoms with Crippen LogP contribution in [0.3, 0.4) is 0 Å². The molecule has 0 aromatic carbocycles. The highest BCUT2D eigenvalue weighted by molar-refractivity contribution is 5.93. The lowest BCUT2D eigenvalue weighted by Crippen LogP contribution is -2.16. The molecule has 2 fully saturated rings. The van der Waals surface area contributed by atoms with Crippen LogP contribution < -0.4 is 5.32 Å². The van der Waals surface area contributed by atoms with Crippen molar-refractivity contribution in [2.45, 2.75) is 44.6 Å². The van der Waals surface area contributed by atoms with Crippen LogP contribution in [-0.4, -0.2) is 25.1 Å². The minimum absolute atomic E-state index is 0.0474. The zero-order valence-electron chi connectivity index (χ0n) is 15.6. The van der Waals surface area contributed by atoms with E-state index < -0.39 is 0 Å². The summed E-state index contributed by atoms with van der Waals surface area (Å²) in [4.78, 5) is 16.6. The number of fused-ring (bicyclic) bond motifs is 1. The second-order valence-corrected chi connectivity index (χ2v) is 7.86. The number of aromatic nitrogens is 4. The molecule has 5 rings (SSSR count). The van der Waals surface area contributed by atoms with Crippen LogP contribution in [0.5, 0.6) is 0 Å². The minimum Gasteiger partial charge on any atom is -0.309 e. The average Bonchev–Trinajstić information content (AvgIpc) is 3.09. The summed E-state index contributed by atoms with van der Waals surface area (Å²) in [6.45, 7) is 0. The molecular formula is C21H22N6O. The maximum absolute atomic E-state index is 12.0. The van der Waals surface area contributed by atoms with Gasteiger partial charge in [0.05, 0.1) is 24.2 Å². The third kappa shape index (κ3) is 3.05. The number of hydrogen-bond acceptors (Lipinski definition) is 4. The molecule has 1 atom stereocenters. The number of carbonyl (C=O) groups is 1. The van der Waals surface area contributed by atoms with Crippen LogP contribution in [-0.2, 0) is 4.79 Å². The van der Waals surface area contributed by atoms with Crippen LogP contribution in [0.15, 0.2) is 36.8 Å². The zero-order chi connectivity index (χ0) is 19.1. The van der Waals surface area contributed by atoms with E-state index in [-0.39, 0.29) is 17.9 Å². The highest BCUT2D eigenvalue weighted by atomic mass is 16.2. The Bertz CT molecular complexity index is 1060. The SMILES string of the molecule is N#CC(C1CCCC1)n1cc(-c2cccc3nc(NC(=O)C4CC4)cn23)cn1. The average molecular weight is 374 g/mol. The van der Waals surface area contributed by atoms with E-state index >= 15 is 0 Å². The summed E-state index contributed by atoms with van der Waals surface area (Å²) >= 11 is 0. The van der Waals surface area contributed by atoms with Crippen LogP contribution >= 0.6 is 0 Å². The fourth-order valence-corrected chi connectivity index (χ4v) is 4.16. The summed E-state index contributed by atoms with van der Waals surface area (Å²) in [5.41, 5.74) is 2.64. The van der Waals surface area contributed by atoms with Gasteiger partial charge in [-0.25, -0.2) is 4.98 Å². The van der Waals surface area contributed by atoms with Gasteiger partial charge in [0.1, 0.15) is 11.7 Å². The van der Waals surface area contributed by atoms with Crippen LogP contribution in [0.25, 0.3) is 16.9 Å². The molecule has 28 heavy (non-hydrogen) atoms. The first-order chi connectivity index (χ1) is 13.7. The van der Waals surface area contributed by atoms with Gasteiger partial charge < -0.3 is 5.32 Å². The maximum atomic E-state index is 12.0. The Labute approximate surface area is 163 Å². The number of amides is 1. The molecule has 0 radical (unpaired) electrons. The molecule has 0 saturated heterocycles. The van der Waals surface area contributed by atoms with Crippen LogP contribution in [0.2, 0.25) is 0 Å². The molecule has 2 saturated carbocycles. The van der Waals surface area contributed by atoms with E-state index in [1.54, 1.807) is 10.9 Å². The Hall–Kier alpha value is -3.14. The van der Waals surface area contributed by atoms with Crippen molar-refractivity contribution in [2.75, 3.05) is 5.32 Å². The number of imidazole rings is 1. The molecule has 3 aromatic rings. The highest BCUT2D eigenvalue weighted by Gasteiger charge is 2.30. The lowest BCUT2D eigenvalue weighted by molar-refractivity contribution is -0.117. The summed E-state index contributed by atoms with van der Waals surface area (Å²) < 4.78 is 3.76. The third-order valence-electron chi connectivity index (χ3n) is 5.85. The van der Waals surface area contributed by atoms with E-state index in [1.807, 2.05) is 35.0 Å². The first kappa shape index (κ1) is 17.0. The number of pyridine rings is 1. The van der Waals surface area contributed by atoms with E-state index in [0.717, 1.165) is 42.6 Å². The lowest BCUT2D eigenvalue weighted by atomic mass is 10.00. The molecule has 1 unspecified atom stereocenters. The molecule has 7 heteroatoms. The molecule has 1 N–H and O–H groups in total. The minimum atomic E-state index is -0.216. The van der Waals surface area contributed by atoms with E-state index in [9.17, 15) is 10.1 Å². The number of nitrogens with one attached hydrogen (secondary N) is 1. The molecule has 0 spiro atoms. The number of anilines is 1. The van der Waals surface area contributed by atoms with Gasteiger partial charge in [0.2, 0.25) is 5.91 Å². The second kappa shape index (κ2) is 6.79. The first-order valence-electron chi connectivity index (χ1n) is 9.96. The van der Waals surface area contributed by atoms with Crippen molar-refractivity contribution in [3.05, 3.63) is 36.8 Å². The number of nitrogens with zero attached hydrogens (tertiary/aromatic N) is 5. The van der Waals surface area contributed by atoms with Gasteiger partial charge in [-0.2, -0.15) is 10.4 Å². The quantitative estimate of drug-likeness (QED) is 0.736. The van der Waals surface area contributed by atoms with Crippen molar-refractivity contribution < 1.29 is 4.79 Å². The van der Waals surface area contributed by atoms with Crippen molar-refractivity contribution in [1.82, 2.24) is 19.2 Å². The summed E-state index contributed by atoms with van der Waals surface area (Å²) in [6, 6.07) is 8.08. The predicted molar refractivity (Wildman–Crippen MR) is 104 cm³/mol. The van der Waals surface area contributed by atoms with Gasteiger partial charge in [0.25, 0.3) is 0 Å². The molecule has 2 aliphatic carbocycles. The fraction of sp³-hybridized carbons (Fsp3) is 0.429. The van der Waals surface area contributed by atoms with Crippen LogP contribution in [0.4, 0.5) is 5.82 Å². The Morgan fingerprint density at radius 3 is 2.79 bits per heavy atom. The Morgan fingerprint density at radius 2 is 2.04 bits per heavy atom. The summed E-state index contributed by atoms with van der Waals surface area (Å²) in [5, 5.41) is 17.1. The molecule has 142 valence electrons. The largest absolute Gasteiger partial charge is 0.309 e. The predicted octanol–water partition coefficient (Wildman–Crippen LogP) is 3.80. The van der Waals surface area contributed by atoms with Gasteiger partial charge in [-0.15, -0.1) is 0 Å². The molecule has 0 bridgehead atoms. The van der Waals surface area contributed by atoms with Gasteiger partial charge >= 0.3 is 0 Å². The Morgan fingerprint density at radius 1 is 1.21 bits per heavy atom. The van der Waals surface area contributed by atoms with Gasteiger partial charge in [-0.3, -0.25) is 13.9 Å². The molecule has 1 amide bonds. The highest BCUT2D eigenvalue weighted by Crippen LogP contribution is 2.34. The van der Waals surface area contributed by atoms with Crippen molar-refractivity contribution in [3.63, 3.8) is 0 Å². The number of nitriles is 1. The van der Waals surface area contributed by atoms with Crippen molar-refractivity contribution in [1.29, 1.82) is 5.26 Å². The monoisotopic (exact) mass is 374 g/mol. The number of rotatable bonds is 5. The number of carbonyl (C=O) groups excluding carboxylic acids is 1.